The Bertz CT molecular complexity index is 338. The molecule has 1 aromatic heterocycles. The lowest BCUT2D eigenvalue weighted by Crippen LogP contribution is -2.26. The SMILES string of the molecule is CSCCC(C)NCc1occc1C(=O)O. The van der Waals surface area contributed by atoms with Gasteiger partial charge in [-0.3, -0.25) is 0 Å². The van der Waals surface area contributed by atoms with Crippen molar-refractivity contribution in [3.63, 3.8) is 0 Å². The summed E-state index contributed by atoms with van der Waals surface area (Å²) in [5.74, 6) is 0.642. The summed E-state index contributed by atoms with van der Waals surface area (Å²) in [7, 11) is 0. The Morgan fingerprint density at radius 2 is 2.44 bits per heavy atom. The number of carboxylic acids is 1. The first kappa shape index (κ1) is 13.1. The summed E-state index contributed by atoms with van der Waals surface area (Å²) in [6, 6.07) is 1.84. The van der Waals surface area contributed by atoms with Crippen LogP contribution in [-0.2, 0) is 6.54 Å². The highest BCUT2D eigenvalue weighted by Crippen LogP contribution is 2.11. The molecule has 0 saturated carbocycles. The van der Waals surface area contributed by atoms with Gasteiger partial charge >= 0.3 is 5.97 Å². The largest absolute Gasteiger partial charge is 0.478 e. The van der Waals surface area contributed by atoms with Crippen molar-refractivity contribution < 1.29 is 14.3 Å². The van der Waals surface area contributed by atoms with Crippen LogP contribution < -0.4 is 5.32 Å². The van der Waals surface area contributed by atoms with E-state index in [1.54, 1.807) is 11.8 Å². The summed E-state index contributed by atoms with van der Waals surface area (Å²) < 4.78 is 5.13. The monoisotopic (exact) mass is 243 g/mol. The van der Waals surface area contributed by atoms with Crippen molar-refractivity contribution in [2.75, 3.05) is 12.0 Å². The quantitative estimate of drug-likeness (QED) is 0.768. The molecule has 0 aromatic carbocycles. The minimum absolute atomic E-state index is 0.240. The van der Waals surface area contributed by atoms with E-state index in [9.17, 15) is 4.79 Å². The van der Waals surface area contributed by atoms with Crippen LogP contribution in [0.3, 0.4) is 0 Å². The lowest BCUT2D eigenvalue weighted by molar-refractivity contribution is 0.0694. The number of hydrogen-bond donors (Lipinski definition) is 2. The van der Waals surface area contributed by atoms with E-state index in [2.05, 4.69) is 18.5 Å². The maximum absolute atomic E-state index is 10.8. The van der Waals surface area contributed by atoms with Gasteiger partial charge in [-0.2, -0.15) is 11.8 Å². The number of aromatic carboxylic acids is 1. The first-order valence-electron chi connectivity index (χ1n) is 5.17. The predicted octanol–water partition coefficient (Wildman–Crippen LogP) is 2.21. The zero-order valence-corrected chi connectivity index (χ0v) is 10.3. The maximum Gasteiger partial charge on any atom is 0.339 e. The maximum atomic E-state index is 10.8. The average molecular weight is 243 g/mol. The molecule has 0 saturated heterocycles. The normalized spacial score (nSPS) is 12.6. The van der Waals surface area contributed by atoms with E-state index in [1.807, 2.05) is 0 Å². The molecule has 5 heteroatoms. The third kappa shape index (κ3) is 3.90. The van der Waals surface area contributed by atoms with Crippen LogP contribution in [0, 0.1) is 0 Å². The Labute approximate surface area is 99.4 Å². The lowest BCUT2D eigenvalue weighted by atomic mass is 10.2. The van der Waals surface area contributed by atoms with E-state index in [4.69, 9.17) is 9.52 Å². The molecule has 1 aromatic rings. The second-order valence-electron chi connectivity index (χ2n) is 3.63. The third-order valence-electron chi connectivity index (χ3n) is 2.34. The number of thioether (sulfide) groups is 1. The number of carboxylic acid groups (broad SMARTS) is 1. The van der Waals surface area contributed by atoms with Gasteiger partial charge in [-0.15, -0.1) is 0 Å². The zero-order valence-electron chi connectivity index (χ0n) is 9.53. The summed E-state index contributed by atoms with van der Waals surface area (Å²) in [5, 5.41) is 12.1. The molecule has 0 aliphatic rings. The molecular formula is C11H17NO3S. The fraction of sp³-hybridized carbons (Fsp3) is 0.545. The molecule has 2 N–H and O–H groups in total. The molecule has 1 heterocycles. The molecule has 0 aliphatic heterocycles. The first-order chi connectivity index (χ1) is 7.65. The van der Waals surface area contributed by atoms with E-state index in [-0.39, 0.29) is 5.56 Å². The van der Waals surface area contributed by atoms with Crippen LogP contribution in [0.1, 0.15) is 29.5 Å². The van der Waals surface area contributed by atoms with Gasteiger partial charge in [0.25, 0.3) is 0 Å². The molecule has 1 atom stereocenters. The summed E-state index contributed by atoms with van der Waals surface area (Å²) in [5.41, 5.74) is 0.240. The topological polar surface area (TPSA) is 62.5 Å². The molecule has 16 heavy (non-hydrogen) atoms. The molecule has 0 radical (unpaired) electrons. The van der Waals surface area contributed by atoms with E-state index < -0.39 is 5.97 Å². The Morgan fingerprint density at radius 3 is 3.06 bits per heavy atom. The third-order valence-corrected chi connectivity index (χ3v) is 2.99. The van der Waals surface area contributed by atoms with Gasteiger partial charge in [0.05, 0.1) is 12.8 Å². The molecule has 0 fully saturated rings. The van der Waals surface area contributed by atoms with Crippen LogP contribution in [0.15, 0.2) is 16.7 Å². The number of hydrogen-bond acceptors (Lipinski definition) is 4. The standard InChI is InChI=1S/C11H17NO3S/c1-8(4-6-16-2)12-7-10-9(11(13)14)3-5-15-10/h3,5,8,12H,4,6-7H2,1-2H3,(H,13,14). The highest BCUT2D eigenvalue weighted by Gasteiger charge is 2.13. The van der Waals surface area contributed by atoms with Gasteiger partial charge in [0.2, 0.25) is 0 Å². The van der Waals surface area contributed by atoms with Crippen molar-refractivity contribution in [1.82, 2.24) is 5.32 Å². The Hall–Kier alpha value is -0.940. The molecular weight excluding hydrogens is 226 g/mol. The zero-order chi connectivity index (χ0) is 12.0. The Morgan fingerprint density at radius 1 is 1.69 bits per heavy atom. The van der Waals surface area contributed by atoms with Crippen LogP contribution in [0.2, 0.25) is 0 Å². The summed E-state index contributed by atoms with van der Waals surface area (Å²) in [6.07, 6.45) is 4.54. The number of rotatable bonds is 7. The second-order valence-corrected chi connectivity index (χ2v) is 4.61. The fourth-order valence-corrected chi connectivity index (χ4v) is 1.92. The summed E-state index contributed by atoms with van der Waals surface area (Å²) in [6.45, 7) is 2.55. The predicted molar refractivity (Wildman–Crippen MR) is 65.0 cm³/mol. The van der Waals surface area contributed by atoms with E-state index >= 15 is 0 Å². The van der Waals surface area contributed by atoms with Crippen molar-refractivity contribution in [3.05, 3.63) is 23.7 Å². The summed E-state index contributed by atoms with van der Waals surface area (Å²) in [4.78, 5) is 10.8. The van der Waals surface area contributed by atoms with Gasteiger partial charge in [0.15, 0.2) is 0 Å². The van der Waals surface area contributed by atoms with Gasteiger partial charge in [0, 0.05) is 6.04 Å². The molecule has 0 bridgehead atoms. The number of furan rings is 1. The molecule has 90 valence electrons. The second kappa shape index (κ2) is 6.60. The van der Waals surface area contributed by atoms with Crippen LogP contribution in [0.4, 0.5) is 0 Å². The van der Waals surface area contributed by atoms with Crippen molar-refractivity contribution in [1.29, 1.82) is 0 Å². The van der Waals surface area contributed by atoms with Gasteiger partial charge in [-0.05, 0) is 31.4 Å². The molecule has 1 unspecified atom stereocenters. The van der Waals surface area contributed by atoms with Crippen molar-refractivity contribution in [2.24, 2.45) is 0 Å². The highest BCUT2D eigenvalue weighted by molar-refractivity contribution is 7.98. The average Bonchev–Trinajstić information content (AvgIpc) is 2.71. The minimum Gasteiger partial charge on any atom is -0.478 e. The van der Waals surface area contributed by atoms with Crippen molar-refractivity contribution >= 4 is 17.7 Å². The van der Waals surface area contributed by atoms with Crippen molar-refractivity contribution in [3.8, 4) is 0 Å². The van der Waals surface area contributed by atoms with Gasteiger partial charge in [0.1, 0.15) is 11.3 Å². The minimum atomic E-state index is -0.942. The van der Waals surface area contributed by atoms with E-state index in [0.29, 0.717) is 18.3 Å². The van der Waals surface area contributed by atoms with E-state index in [0.717, 1.165) is 12.2 Å². The van der Waals surface area contributed by atoms with Crippen LogP contribution in [-0.4, -0.2) is 29.1 Å². The lowest BCUT2D eigenvalue weighted by Gasteiger charge is -2.11. The number of nitrogens with one attached hydrogen (secondary N) is 1. The van der Waals surface area contributed by atoms with Gasteiger partial charge in [-0.25, -0.2) is 4.79 Å². The van der Waals surface area contributed by atoms with Gasteiger partial charge in [-0.1, -0.05) is 0 Å². The smallest absolute Gasteiger partial charge is 0.339 e. The molecule has 0 spiro atoms. The molecule has 0 aliphatic carbocycles. The van der Waals surface area contributed by atoms with Gasteiger partial charge < -0.3 is 14.8 Å². The number of carbonyl (C=O) groups is 1. The van der Waals surface area contributed by atoms with Crippen LogP contribution >= 0.6 is 11.8 Å². The first-order valence-corrected chi connectivity index (χ1v) is 6.56. The van der Waals surface area contributed by atoms with Crippen LogP contribution in [0.25, 0.3) is 0 Å². The Kier molecular flexibility index (Phi) is 5.42. The Balaban J connectivity index is 2.42. The highest BCUT2D eigenvalue weighted by atomic mass is 32.2. The van der Waals surface area contributed by atoms with Crippen LogP contribution in [0.5, 0.6) is 0 Å². The summed E-state index contributed by atoms with van der Waals surface area (Å²) >= 11 is 1.80. The molecule has 4 nitrogen and oxygen atoms in total. The molecule has 1 rings (SSSR count). The van der Waals surface area contributed by atoms with E-state index in [1.165, 1.54) is 12.3 Å². The van der Waals surface area contributed by atoms with Crippen molar-refractivity contribution in [2.45, 2.75) is 25.9 Å². The fourth-order valence-electron chi connectivity index (χ4n) is 1.33. The molecule has 0 amide bonds.